The first-order chi connectivity index (χ1) is 12.3. The Morgan fingerprint density at radius 3 is 2.92 bits per heavy atom. The lowest BCUT2D eigenvalue weighted by Crippen LogP contribution is -2.34. The zero-order valence-corrected chi connectivity index (χ0v) is 14.5. The molecule has 4 rings (SSSR count). The molecule has 1 atom stereocenters. The number of piperidine rings is 1. The molecule has 1 aromatic carbocycles. The van der Waals surface area contributed by atoms with Gasteiger partial charge in [0.05, 0.1) is 0 Å². The molecule has 1 aliphatic heterocycles. The Bertz CT molecular complexity index is 844. The molecule has 0 spiro atoms. The van der Waals surface area contributed by atoms with Crippen LogP contribution in [0, 0.1) is 5.92 Å². The molecule has 1 fully saturated rings. The average molecular weight is 337 g/mol. The fourth-order valence-corrected chi connectivity index (χ4v) is 3.49. The summed E-state index contributed by atoms with van der Waals surface area (Å²) in [6, 6.07) is 12.4. The van der Waals surface area contributed by atoms with Gasteiger partial charge in [0.25, 0.3) is 0 Å². The SMILES string of the molecule is C[C@@H]1CCCN(Cc2ccccc2CNc2ccc3nnnn3n2)C1. The molecule has 1 N–H and O–H groups in total. The first-order valence-corrected chi connectivity index (χ1v) is 8.86. The minimum Gasteiger partial charge on any atom is -0.364 e. The summed E-state index contributed by atoms with van der Waals surface area (Å²) in [6.45, 7) is 6.49. The number of nitrogens with one attached hydrogen (secondary N) is 1. The fourth-order valence-electron chi connectivity index (χ4n) is 3.49. The van der Waals surface area contributed by atoms with Gasteiger partial charge in [-0.1, -0.05) is 31.2 Å². The third-order valence-electron chi connectivity index (χ3n) is 4.78. The lowest BCUT2D eigenvalue weighted by atomic mass is 9.99. The molecule has 7 nitrogen and oxygen atoms in total. The number of rotatable bonds is 5. The molecule has 0 unspecified atom stereocenters. The van der Waals surface area contributed by atoms with Crippen molar-refractivity contribution in [3.8, 4) is 0 Å². The van der Waals surface area contributed by atoms with Crippen molar-refractivity contribution in [3.63, 3.8) is 0 Å². The minimum absolute atomic E-state index is 0.644. The zero-order valence-electron chi connectivity index (χ0n) is 14.5. The summed E-state index contributed by atoms with van der Waals surface area (Å²) in [7, 11) is 0. The maximum Gasteiger partial charge on any atom is 0.200 e. The second-order valence-electron chi connectivity index (χ2n) is 6.85. The summed E-state index contributed by atoms with van der Waals surface area (Å²) >= 11 is 0. The summed E-state index contributed by atoms with van der Waals surface area (Å²) in [4.78, 5) is 2.57. The lowest BCUT2D eigenvalue weighted by molar-refractivity contribution is 0.176. The summed E-state index contributed by atoms with van der Waals surface area (Å²) in [5.74, 6) is 1.56. The van der Waals surface area contributed by atoms with Crippen LogP contribution in [-0.2, 0) is 13.1 Å². The van der Waals surface area contributed by atoms with Gasteiger partial charge >= 0.3 is 0 Å². The number of fused-ring (bicyclic) bond motifs is 1. The Kier molecular flexibility index (Phi) is 4.56. The van der Waals surface area contributed by atoms with Crippen molar-refractivity contribution >= 4 is 11.5 Å². The highest BCUT2D eigenvalue weighted by Gasteiger charge is 2.17. The molecule has 0 saturated carbocycles. The Balaban J connectivity index is 1.45. The summed E-state index contributed by atoms with van der Waals surface area (Å²) in [6.07, 6.45) is 2.66. The van der Waals surface area contributed by atoms with Crippen LogP contribution in [0.25, 0.3) is 5.65 Å². The summed E-state index contributed by atoms with van der Waals surface area (Å²) in [5, 5.41) is 19.1. The van der Waals surface area contributed by atoms with E-state index in [0.29, 0.717) is 5.65 Å². The van der Waals surface area contributed by atoms with Crippen LogP contribution in [0.4, 0.5) is 5.82 Å². The van der Waals surface area contributed by atoms with Crippen LogP contribution in [0.2, 0.25) is 0 Å². The van der Waals surface area contributed by atoms with E-state index >= 15 is 0 Å². The van der Waals surface area contributed by atoms with E-state index in [2.05, 4.69) is 62.0 Å². The van der Waals surface area contributed by atoms with Crippen molar-refractivity contribution in [3.05, 3.63) is 47.5 Å². The Morgan fingerprint density at radius 1 is 1.16 bits per heavy atom. The molecule has 1 saturated heterocycles. The van der Waals surface area contributed by atoms with Gasteiger partial charge in [-0.05, 0) is 59.0 Å². The van der Waals surface area contributed by atoms with Crippen LogP contribution in [-0.4, -0.2) is 43.2 Å². The van der Waals surface area contributed by atoms with Gasteiger partial charge in [-0.3, -0.25) is 4.90 Å². The number of likely N-dealkylation sites (tertiary alicyclic amines) is 1. The van der Waals surface area contributed by atoms with Crippen molar-refractivity contribution in [2.24, 2.45) is 5.92 Å². The monoisotopic (exact) mass is 337 g/mol. The predicted octanol–water partition coefficient (Wildman–Crippen LogP) is 2.36. The van der Waals surface area contributed by atoms with E-state index in [-0.39, 0.29) is 0 Å². The van der Waals surface area contributed by atoms with Crippen LogP contribution >= 0.6 is 0 Å². The van der Waals surface area contributed by atoms with E-state index in [1.54, 1.807) is 0 Å². The molecule has 3 heterocycles. The molecule has 2 aromatic heterocycles. The van der Waals surface area contributed by atoms with Crippen LogP contribution < -0.4 is 5.32 Å². The molecule has 3 aromatic rings. The first-order valence-electron chi connectivity index (χ1n) is 8.86. The molecule has 1 aliphatic rings. The van der Waals surface area contributed by atoms with Gasteiger partial charge in [-0.25, -0.2) is 0 Å². The molecule has 0 amide bonds. The highest BCUT2D eigenvalue weighted by Crippen LogP contribution is 2.20. The van der Waals surface area contributed by atoms with Gasteiger partial charge in [0.15, 0.2) is 5.65 Å². The molecular weight excluding hydrogens is 314 g/mol. The summed E-state index contributed by atoms with van der Waals surface area (Å²) < 4.78 is 1.43. The standard InChI is InChI=1S/C18H23N7/c1-14-5-4-10-24(12-14)13-16-7-3-2-6-15(16)11-19-17-8-9-18-20-22-23-25(18)21-17/h2-3,6-9,14H,4-5,10-13H2,1H3,(H,19,21)/t14-/m1/s1. The van der Waals surface area contributed by atoms with Crippen molar-refractivity contribution in [2.75, 3.05) is 18.4 Å². The van der Waals surface area contributed by atoms with Gasteiger partial charge in [0.1, 0.15) is 5.82 Å². The number of hydrogen-bond donors (Lipinski definition) is 1. The van der Waals surface area contributed by atoms with E-state index in [0.717, 1.165) is 24.8 Å². The van der Waals surface area contributed by atoms with Crippen LogP contribution in [0.15, 0.2) is 36.4 Å². The number of tetrazole rings is 1. The van der Waals surface area contributed by atoms with Gasteiger partial charge in [-0.15, -0.1) is 14.8 Å². The van der Waals surface area contributed by atoms with E-state index < -0.39 is 0 Å². The van der Waals surface area contributed by atoms with Gasteiger partial charge in [-0.2, -0.15) is 0 Å². The Hall–Kier alpha value is -2.54. The molecule has 0 radical (unpaired) electrons. The van der Waals surface area contributed by atoms with Crippen molar-refractivity contribution < 1.29 is 0 Å². The van der Waals surface area contributed by atoms with Crippen LogP contribution in [0.3, 0.4) is 0 Å². The maximum absolute atomic E-state index is 4.36. The minimum atomic E-state index is 0.644. The lowest BCUT2D eigenvalue weighted by Gasteiger charge is -2.31. The average Bonchev–Trinajstić information content (AvgIpc) is 3.09. The van der Waals surface area contributed by atoms with Crippen molar-refractivity contribution in [1.82, 2.24) is 30.2 Å². The number of anilines is 1. The Labute approximate surface area is 147 Å². The predicted molar refractivity (Wildman–Crippen MR) is 96.0 cm³/mol. The zero-order chi connectivity index (χ0) is 17.1. The highest BCUT2D eigenvalue weighted by molar-refractivity contribution is 5.43. The van der Waals surface area contributed by atoms with E-state index in [1.807, 2.05) is 12.1 Å². The molecule has 0 aliphatic carbocycles. The topological polar surface area (TPSA) is 71.2 Å². The highest BCUT2D eigenvalue weighted by atomic mass is 15.6. The smallest absolute Gasteiger partial charge is 0.200 e. The second-order valence-corrected chi connectivity index (χ2v) is 6.85. The molecule has 7 heteroatoms. The van der Waals surface area contributed by atoms with Crippen molar-refractivity contribution in [2.45, 2.75) is 32.9 Å². The van der Waals surface area contributed by atoms with Gasteiger partial charge in [0, 0.05) is 19.6 Å². The summed E-state index contributed by atoms with van der Waals surface area (Å²) in [5.41, 5.74) is 3.33. The normalized spacial score (nSPS) is 18.5. The molecular formula is C18H23N7. The Morgan fingerprint density at radius 2 is 2.04 bits per heavy atom. The number of aromatic nitrogens is 5. The fraction of sp³-hybridized carbons (Fsp3) is 0.444. The quantitative estimate of drug-likeness (QED) is 0.771. The first kappa shape index (κ1) is 16.0. The van der Waals surface area contributed by atoms with Crippen molar-refractivity contribution in [1.29, 1.82) is 0 Å². The number of hydrogen-bond acceptors (Lipinski definition) is 6. The van der Waals surface area contributed by atoms with E-state index in [4.69, 9.17) is 0 Å². The van der Waals surface area contributed by atoms with Gasteiger partial charge in [0.2, 0.25) is 0 Å². The number of benzene rings is 1. The van der Waals surface area contributed by atoms with Crippen LogP contribution in [0.1, 0.15) is 30.9 Å². The van der Waals surface area contributed by atoms with E-state index in [9.17, 15) is 0 Å². The third kappa shape index (κ3) is 3.76. The molecule has 25 heavy (non-hydrogen) atoms. The van der Waals surface area contributed by atoms with Gasteiger partial charge < -0.3 is 5.32 Å². The molecule has 0 bridgehead atoms. The van der Waals surface area contributed by atoms with E-state index in [1.165, 1.54) is 41.7 Å². The second kappa shape index (κ2) is 7.14. The third-order valence-corrected chi connectivity index (χ3v) is 4.78. The largest absolute Gasteiger partial charge is 0.364 e. The molecule has 130 valence electrons. The number of nitrogens with zero attached hydrogens (tertiary/aromatic N) is 6. The maximum atomic E-state index is 4.36. The van der Waals surface area contributed by atoms with Crippen LogP contribution in [0.5, 0.6) is 0 Å².